The van der Waals surface area contributed by atoms with Crippen LogP contribution in [0.15, 0.2) is 42.0 Å². The molecule has 3 heterocycles. The van der Waals surface area contributed by atoms with Crippen molar-refractivity contribution < 1.29 is 9.53 Å². The lowest BCUT2D eigenvalue weighted by molar-refractivity contribution is -0.130. The zero-order chi connectivity index (χ0) is 18.1. The number of ether oxygens (including phenoxy) is 1. The first-order chi connectivity index (χ1) is 12.6. The second-order valence-electron chi connectivity index (χ2n) is 6.52. The molecule has 4 rings (SSSR count). The van der Waals surface area contributed by atoms with E-state index in [0.29, 0.717) is 13.0 Å². The van der Waals surface area contributed by atoms with Gasteiger partial charge in [-0.25, -0.2) is 4.98 Å². The third-order valence-corrected chi connectivity index (χ3v) is 5.45. The number of carbonyl (C=O) groups excluding carboxylic acids is 1. The van der Waals surface area contributed by atoms with Gasteiger partial charge in [0.2, 0.25) is 5.91 Å². The maximum absolute atomic E-state index is 12.6. The molecule has 1 aromatic carbocycles. The predicted octanol–water partition coefficient (Wildman–Crippen LogP) is 2.68. The van der Waals surface area contributed by atoms with Gasteiger partial charge in [-0.1, -0.05) is 12.1 Å². The van der Waals surface area contributed by atoms with Gasteiger partial charge in [0, 0.05) is 31.4 Å². The summed E-state index contributed by atoms with van der Waals surface area (Å²) < 4.78 is 8.07. The molecule has 26 heavy (non-hydrogen) atoms. The summed E-state index contributed by atoms with van der Waals surface area (Å²) >= 11 is 1.57. The quantitative estimate of drug-likeness (QED) is 0.693. The molecule has 0 saturated carbocycles. The van der Waals surface area contributed by atoms with E-state index in [-0.39, 0.29) is 12.0 Å². The molecule has 1 amide bonds. The highest BCUT2D eigenvalue weighted by Crippen LogP contribution is 2.32. The second-order valence-corrected chi connectivity index (χ2v) is 7.40. The van der Waals surface area contributed by atoms with Gasteiger partial charge in [-0.3, -0.25) is 9.20 Å². The van der Waals surface area contributed by atoms with E-state index in [9.17, 15) is 4.79 Å². The number of fused-ring (bicyclic) bond motifs is 2. The van der Waals surface area contributed by atoms with Gasteiger partial charge in [-0.15, -0.1) is 11.3 Å². The number of benzene rings is 1. The summed E-state index contributed by atoms with van der Waals surface area (Å²) in [7, 11) is 1.83. The molecule has 136 valence electrons. The van der Waals surface area contributed by atoms with Crippen molar-refractivity contribution in [2.24, 2.45) is 0 Å². The van der Waals surface area contributed by atoms with Gasteiger partial charge in [0.25, 0.3) is 0 Å². The van der Waals surface area contributed by atoms with Crippen LogP contribution in [0.5, 0.6) is 5.75 Å². The van der Waals surface area contributed by atoms with Crippen molar-refractivity contribution in [3.63, 3.8) is 0 Å². The van der Waals surface area contributed by atoms with Crippen LogP contribution in [0.25, 0.3) is 4.96 Å². The Morgan fingerprint density at radius 1 is 1.42 bits per heavy atom. The number of amides is 1. The Labute approximate surface area is 156 Å². The van der Waals surface area contributed by atoms with Gasteiger partial charge in [0.15, 0.2) is 4.96 Å². The van der Waals surface area contributed by atoms with E-state index in [1.807, 2.05) is 47.4 Å². The molecule has 0 aliphatic carbocycles. The molecule has 7 heteroatoms. The fraction of sp³-hybridized carbons (Fsp3) is 0.368. The molecule has 0 radical (unpaired) electrons. The minimum Gasteiger partial charge on any atom is -0.485 e. The Balaban J connectivity index is 1.40. The van der Waals surface area contributed by atoms with Gasteiger partial charge in [-0.05, 0) is 19.1 Å². The smallest absolute Gasteiger partial charge is 0.228 e. The Hall–Kier alpha value is -2.54. The first-order valence-electron chi connectivity index (χ1n) is 8.79. The molecule has 1 aliphatic rings. The summed E-state index contributed by atoms with van der Waals surface area (Å²) in [5.74, 6) is 0.946. The van der Waals surface area contributed by atoms with E-state index < -0.39 is 0 Å². The van der Waals surface area contributed by atoms with Gasteiger partial charge in [-0.2, -0.15) is 0 Å². The number of thiazole rings is 1. The number of imidazole rings is 1. The topological polar surface area (TPSA) is 50.1 Å². The summed E-state index contributed by atoms with van der Waals surface area (Å²) in [5.41, 5.74) is 1.93. The molecule has 6 nitrogen and oxygen atoms in total. The number of anilines is 1. The number of hydrogen-bond acceptors (Lipinski definition) is 5. The summed E-state index contributed by atoms with van der Waals surface area (Å²) in [6.45, 7) is 4.40. The highest BCUT2D eigenvalue weighted by atomic mass is 32.1. The van der Waals surface area contributed by atoms with Crippen molar-refractivity contribution in [2.75, 3.05) is 31.6 Å². The van der Waals surface area contributed by atoms with E-state index >= 15 is 0 Å². The third-order valence-electron chi connectivity index (χ3n) is 4.68. The Morgan fingerprint density at radius 2 is 2.27 bits per heavy atom. The molecule has 0 N–H and O–H groups in total. The van der Waals surface area contributed by atoms with E-state index in [2.05, 4.69) is 22.9 Å². The van der Waals surface area contributed by atoms with Crippen molar-refractivity contribution in [3.05, 3.63) is 47.7 Å². The normalized spacial score (nSPS) is 16.4. The van der Waals surface area contributed by atoms with Crippen LogP contribution in [-0.4, -0.2) is 53.0 Å². The third kappa shape index (κ3) is 3.26. The van der Waals surface area contributed by atoms with Crippen LogP contribution in [0.3, 0.4) is 0 Å². The fourth-order valence-electron chi connectivity index (χ4n) is 3.33. The summed E-state index contributed by atoms with van der Waals surface area (Å²) in [4.78, 5) is 22.0. The average Bonchev–Trinajstić information content (AvgIpc) is 3.22. The van der Waals surface area contributed by atoms with Gasteiger partial charge >= 0.3 is 0 Å². The lowest BCUT2D eigenvalue weighted by atomic mass is 10.1. The highest BCUT2D eigenvalue weighted by Gasteiger charge is 2.26. The molecule has 1 unspecified atom stereocenters. The Bertz CT molecular complexity index is 891. The zero-order valence-electron chi connectivity index (χ0n) is 15.0. The minimum atomic E-state index is -0.0377. The standard InChI is InChI=1S/C19H22N4O2S/c1-3-22-13-15(25-17-7-5-4-6-16(17)22)12-21(2)18(24)10-14-11-23-8-9-26-19(23)20-14/h4-9,11,15H,3,10,12-13H2,1-2H3. The van der Waals surface area contributed by atoms with Crippen LogP contribution in [0.1, 0.15) is 12.6 Å². The van der Waals surface area contributed by atoms with Crippen LogP contribution in [0.4, 0.5) is 5.69 Å². The van der Waals surface area contributed by atoms with Crippen LogP contribution in [0.2, 0.25) is 0 Å². The fourth-order valence-corrected chi connectivity index (χ4v) is 4.05. The largest absolute Gasteiger partial charge is 0.485 e. The molecular weight excluding hydrogens is 348 g/mol. The van der Waals surface area contributed by atoms with Crippen LogP contribution >= 0.6 is 11.3 Å². The van der Waals surface area contributed by atoms with Crippen LogP contribution in [0, 0.1) is 0 Å². The number of hydrogen-bond donors (Lipinski definition) is 0. The molecular formula is C19H22N4O2S. The number of carbonyl (C=O) groups is 1. The lowest BCUT2D eigenvalue weighted by Crippen LogP contribution is -2.47. The average molecular weight is 370 g/mol. The van der Waals surface area contributed by atoms with Crippen molar-refractivity contribution >= 4 is 27.9 Å². The predicted molar refractivity (Wildman–Crippen MR) is 103 cm³/mol. The molecule has 1 aliphatic heterocycles. The first kappa shape index (κ1) is 16.9. The first-order valence-corrected chi connectivity index (χ1v) is 9.67. The van der Waals surface area contributed by atoms with Gasteiger partial charge in [0.1, 0.15) is 11.9 Å². The number of likely N-dealkylation sites (N-methyl/N-ethyl adjacent to an activating group) is 2. The van der Waals surface area contributed by atoms with Gasteiger partial charge < -0.3 is 14.5 Å². The number of para-hydroxylation sites is 2. The number of aromatic nitrogens is 2. The Kier molecular flexibility index (Phi) is 4.55. The minimum absolute atomic E-state index is 0.0377. The lowest BCUT2D eigenvalue weighted by Gasteiger charge is -2.37. The van der Waals surface area contributed by atoms with Crippen molar-refractivity contribution in [1.29, 1.82) is 0 Å². The molecule has 0 bridgehead atoms. The molecule has 0 fully saturated rings. The maximum atomic E-state index is 12.6. The van der Waals surface area contributed by atoms with E-state index in [1.165, 1.54) is 0 Å². The van der Waals surface area contributed by atoms with E-state index in [0.717, 1.165) is 35.2 Å². The highest BCUT2D eigenvalue weighted by molar-refractivity contribution is 7.15. The van der Waals surface area contributed by atoms with Crippen molar-refractivity contribution in [2.45, 2.75) is 19.4 Å². The Morgan fingerprint density at radius 3 is 3.08 bits per heavy atom. The molecule has 3 aromatic rings. The summed E-state index contributed by atoms with van der Waals surface area (Å²) in [5, 5.41) is 1.98. The van der Waals surface area contributed by atoms with Crippen LogP contribution < -0.4 is 9.64 Å². The monoisotopic (exact) mass is 370 g/mol. The number of rotatable bonds is 5. The zero-order valence-corrected chi connectivity index (χ0v) is 15.8. The summed E-state index contributed by atoms with van der Waals surface area (Å²) in [6, 6.07) is 8.07. The van der Waals surface area contributed by atoms with Gasteiger partial charge in [0.05, 0.1) is 30.9 Å². The van der Waals surface area contributed by atoms with Crippen LogP contribution in [-0.2, 0) is 11.2 Å². The summed E-state index contributed by atoms with van der Waals surface area (Å²) in [6.07, 6.45) is 4.15. The van der Waals surface area contributed by atoms with E-state index in [4.69, 9.17) is 4.74 Å². The van der Waals surface area contributed by atoms with E-state index in [1.54, 1.807) is 16.2 Å². The number of nitrogens with zero attached hydrogens (tertiary/aromatic N) is 4. The SMILES string of the molecule is CCN1CC(CN(C)C(=O)Cc2cn3ccsc3n2)Oc2ccccc21. The second kappa shape index (κ2) is 6.99. The molecule has 1 atom stereocenters. The molecule has 0 spiro atoms. The van der Waals surface area contributed by atoms with Crippen molar-refractivity contribution in [1.82, 2.24) is 14.3 Å². The molecule has 2 aromatic heterocycles. The molecule has 0 saturated heterocycles. The maximum Gasteiger partial charge on any atom is 0.228 e. The van der Waals surface area contributed by atoms with Crippen molar-refractivity contribution in [3.8, 4) is 5.75 Å².